The second-order valence-corrected chi connectivity index (χ2v) is 3.79. The van der Waals surface area contributed by atoms with Gasteiger partial charge in [-0.3, -0.25) is 4.79 Å². The van der Waals surface area contributed by atoms with Crippen LogP contribution < -0.4 is 10.5 Å². The Labute approximate surface area is 99.9 Å². The van der Waals surface area contributed by atoms with E-state index in [0.717, 1.165) is 0 Å². The van der Waals surface area contributed by atoms with Gasteiger partial charge >= 0.3 is 0 Å². The number of likely N-dealkylation sites (N-methyl/N-ethyl adjacent to an activating group) is 1. The van der Waals surface area contributed by atoms with Crippen LogP contribution in [0.4, 0.5) is 5.69 Å². The quantitative estimate of drug-likeness (QED) is 0.819. The third-order valence-corrected chi connectivity index (χ3v) is 2.52. The van der Waals surface area contributed by atoms with Gasteiger partial charge in [-0.2, -0.15) is 0 Å². The first-order chi connectivity index (χ1) is 7.54. The molecule has 0 aliphatic carbocycles. The van der Waals surface area contributed by atoms with Crippen LogP contribution in [0, 0.1) is 0 Å². The van der Waals surface area contributed by atoms with Crippen LogP contribution in [-0.2, 0) is 4.79 Å². The van der Waals surface area contributed by atoms with Gasteiger partial charge in [0, 0.05) is 25.3 Å². The van der Waals surface area contributed by atoms with Crippen LogP contribution in [0.15, 0.2) is 18.2 Å². The molecule has 0 aliphatic heterocycles. The van der Waals surface area contributed by atoms with Crippen molar-refractivity contribution < 1.29 is 9.53 Å². The summed E-state index contributed by atoms with van der Waals surface area (Å²) in [7, 11) is 1.71. The molecule has 0 fully saturated rings. The molecule has 0 bridgehead atoms. The number of carbonyl (C=O) groups is 1. The van der Waals surface area contributed by atoms with Crippen molar-refractivity contribution in [3.63, 3.8) is 0 Å². The lowest BCUT2D eigenvalue weighted by Gasteiger charge is -2.15. The van der Waals surface area contributed by atoms with E-state index in [1.807, 2.05) is 6.92 Å². The molecule has 0 saturated heterocycles. The van der Waals surface area contributed by atoms with E-state index in [1.165, 1.54) is 0 Å². The van der Waals surface area contributed by atoms with Crippen molar-refractivity contribution in [2.75, 3.05) is 25.9 Å². The monoisotopic (exact) mass is 242 g/mol. The summed E-state index contributed by atoms with van der Waals surface area (Å²) in [5, 5.41) is 0.446. The van der Waals surface area contributed by atoms with Crippen LogP contribution in [0.2, 0.25) is 5.02 Å². The molecule has 5 heteroatoms. The number of halogens is 1. The van der Waals surface area contributed by atoms with Crippen molar-refractivity contribution >= 4 is 23.2 Å². The van der Waals surface area contributed by atoms with Gasteiger partial charge in [0.05, 0.1) is 5.02 Å². The summed E-state index contributed by atoms with van der Waals surface area (Å²) < 4.78 is 5.30. The van der Waals surface area contributed by atoms with Gasteiger partial charge in [0.2, 0.25) is 0 Å². The topological polar surface area (TPSA) is 55.6 Å². The Morgan fingerprint density at radius 3 is 2.88 bits per heavy atom. The predicted molar refractivity (Wildman–Crippen MR) is 64.7 cm³/mol. The van der Waals surface area contributed by atoms with Gasteiger partial charge in [0.1, 0.15) is 5.75 Å². The van der Waals surface area contributed by atoms with Crippen molar-refractivity contribution in [3.05, 3.63) is 23.2 Å². The van der Waals surface area contributed by atoms with E-state index < -0.39 is 0 Å². The average Bonchev–Trinajstić information content (AvgIpc) is 2.28. The first-order valence-electron chi connectivity index (χ1n) is 4.96. The lowest BCUT2D eigenvalue weighted by Crippen LogP contribution is -2.31. The fourth-order valence-corrected chi connectivity index (χ4v) is 1.23. The van der Waals surface area contributed by atoms with E-state index in [-0.39, 0.29) is 12.5 Å². The minimum absolute atomic E-state index is 0.0342. The first-order valence-corrected chi connectivity index (χ1v) is 5.34. The van der Waals surface area contributed by atoms with Crippen LogP contribution in [0.25, 0.3) is 0 Å². The van der Waals surface area contributed by atoms with Gasteiger partial charge < -0.3 is 15.4 Å². The van der Waals surface area contributed by atoms with Crippen molar-refractivity contribution in [2.45, 2.75) is 6.92 Å². The summed E-state index contributed by atoms with van der Waals surface area (Å²) in [5.74, 6) is 0.334. The van der Waals surface area contributed by atoms with Gasteiger partial charge in [0.25, 0.3) is 5.91 Å². The molecule has 2 N–H and O–H groups in total. The van der Waals surface area contributed by atoms with Crippen molar-refractivity contribution in [3.8, 4) is 5.75 Å². The molecule has 0 radical (unpaired) electrons. The fourth-order valence-electron chi connectivity index (χ4n) is 1.06. The molecule has 1 rings (SSSR count). The molecular weight excluding hydrogens is 228 g/mol. The lowest BCUT2D eigenvalue weighted by molar-refractivity contribution is -0.131. The highest BCUT2D eigenvalue weighted by Crippen LogP contribution is 2.26. The van der Waals surface area contributed by atoms with Crippen LogP contribution in [-0.4, -0.2) is 31.0 Å². The molecule has 0 spiro atoms. The smallest absolute Gasteiger partial charge is 0.260 e. The van der Waals surface area contributed by atoms with E-state index >= 15 is 0 Å². The number of benzene rings is 1. The van der Waals surface area contributed by atoms with E-state index in [4.69, 9.17) is 22.1 Å². The lowest BCUT2D eigenvalue weighted by atomic mass is 10.3. The van der Waals surface area contributed by atoms with Crippen molar-refractivity contribution in [1.82, 2.24) is 4.90 Å². The molecule has 4 nitrogen and oxygen atoms in total. The summed E-state index contributed by atoms with van der Waals surface area (Å²) >= 11 is 5.89. The molecule has 88 valence electrons. The largest absolute Gasteiger partial charge is 0.482 e. The minimum Gasteiger partial charge on any atom is -0.482 e. The summed E-state index contributed by atoms with van der Waals surface area (Å²) in [6.07, 6.45) is 0. The van der Waals surface area contributed by atoms with E-state index in [2.05, 4.69) is 0 Å². The van der Waals surface area contributed by atoms with Gasteiger partial charge in [0.15, 0.2) is 6.61 Å². The molecule has 0 heterocycles. The number of hydrogen-bond acceptors (Lipinski definition) is 3. The zero-order valence-electron chi connectivity index (χ0n) is 9.37. The molecule has 0 aliphatic rings. The van der Waals surface area contributed by atoms with E-state index in [1.54, 1.807) is 30.1 Å². The van der Waals surface area contributed by atoms with Crippen molar-refractivity contribution in [2.24, 2.45) is 0 Å². The maximum absolute atomic E-state index is 11.5. The number of hydrogen-bond donors (Lipinski definition) is 1. The first kappa shape index (κ1) is 12.6. The van der Waals surface area contributed by atoms with Gasteiger partial charge in [-0.25, -0.2) is 0 Å². The Balaban J connectivity index is 2.61. The van der Waals surface area contributed by atoms with Crippen LogP contribution in [0.1, 0.15) is 6.92 Å². The molecule has 0 atom stereocenters. The highest BCUT2D eigenvalue weighted by atomic mass is 35.5. The van der Waals surface area contributed by atoms with E-state index in [9.17, 15) is 4.79 Å². The molecule has 1 amide bonds. The van der Waals surface area contributed by atoms with Crippen molar-refractivity contribution in [1.29, 1.82) is 0 Å². The number of ether oxygens (including phenoxy) is 1. The van der Waals surface area contributed by atoms with Crippen LogP contribution in [0.5, 0.6) is 5.75 Å². The SMILES string of the molecule is CCN(C)C(=O)COc1cc(N)ccc1Cl. The number of nitrogens with two attached hydrogens (primary N) is 1. The maximum atomic E-state index is 11.5. The highest BCUT2D eigenvalue weighted by molar-refractivity contribution is 6.32. The second kappa shape index (κ2) is 5.61. The maximum Gasteiger partial charge on any atom is 0.260 e. The third-order valence-electron chi connectivity index (χ3n) is 2.21. The number of rotatable bonds is 4. The fraction of sp³-hybridized carbons (Fsp3) is 0.364. The molecule has 1 aromatic rings. The highest BCUT2D eigenvalue weighted by Gasteiger charge is 2.09. The van der Waals surface area contributed by atoms with Crippen LogP contribution in [0.3, 0.4) is 0 Å². The predicted octanol–water partition coefficient (Wildman–Crippen LogP) is 1.78. The number of nitrogens with zero attached hydrogens (tertiary/aromatic N) is 1. The molecular formula is C11H15ClN2O2. The normalized spacial score (nSPS) is 9.94. The summed E-state index contributed by atoms with van der Waals surface area (Å²) in [6.45, 7) is 2.51. The zero-order valence-corrected chi connectivity index (χ0v) is 10.1. The molecule has 16 heavy (non-hydrogen) atoms. The van der Waals surface area contributed by atoms with Gasteiger partial charge in [-0.1, -0.05) is 11.6 Å². The summed E-state index contributed by atoms with van der Waals surface area (Å²) in [6, 6.07) is 4.91. The van der Waals surface area contributed by atoms with Crippen LogP contribution >= 0.6 is 11.6 Å². The number of carbonyl (C=O) groups excluding carboxylic acids is 1. The second-order valence-electron chi connectivity index (χ2n) is 3.39. The molecule has 0 aromatic heterocycles. The molecule has 0 unspecified atom stereocenters. The third kappa shape index (κ3) is 3.31. The number of anilines is 1. The van der Waals surface area contributed by atoms with E-state index in [0.29, 0.717) is 23.0 Å². The minimum atomic E-state index is -0.0963. The Hall–Kier alpha value is -1.42. The zero-order chi connectivity index (χ0) is 12.1. The Bertz CT molecular complexity index is 382. The standard InChI is InChI=1S/C11H15ClN2O2/c1-3-14(2)11(15)7-16-10-6-8(13)4-5-9(10)12/h4-6H,3,7,13H2,1-2H3. The number of amides is 1. The Kier molecular flexibility index (Phi) is 4.43. The van der Waals surface area contributed by atoms with Gasteiger partial charge in [-0.15, -0.1) is 0 Å². The Morgan fingerprint density at radius 1 is 1.56 bits per heavy atom. The average molecular weight is 243 g/mol. The summed E-state index contributed by atoms with van der Waals surface area (Å²) in [4.78, 5) is 13.0. The summed E-state index contributed by atoms with van der Waals surface area (Å²) in [5.41, 5.74) is 6.14. The Morgan fingerprint density at radius 2 is 2.25 bits per heavy atom. The van der Waals surface area contributed by atoms with Gasteiger partial charge in [-0.05, 0) is 19.1 Å². The molecule has 0 saturated carbocycles. The number of nitrogen functional groups attached to an aromatic ring is 1. The molecule has 1 aromatic carbocycles.